The summed E-state index contributed by atoms with van der Waals surface area (Å²) in [5.74, 6) is 1.30. The molecule has 0 aliphatic rings. The first-order chi connectivity index (χ1) is 15.0. The molecule has 1 aromatic heterocycles. The van der Waals surface area contributed by atoms with Crippen LogP contribution in [0.3, 0.4) is 0 Å². The van der Waals surface area contributed by atoms with Gasteiger partial charge in [0, 0.05) is 30.9 Å². The van der Waals surface area contributed by atoms with E-state index in [2.05, 4.69) is 20.9 Å². The zero-order valence-corrected chi connectivity index (χ0v) is 17.7. The lowest BCUT2D eigenvalue weighted by atomic mass is 10.2. The average Bonchev–Trinajstić information content (AvgIpc) is 2.78. The first-order valence-electron chi connectivity index (χ1n) is 9.32. The zero-order valence-electron chi connectivity index (χ0n) is 16.9. The molecule has 0 fully saturated rings. The summed E-state index contributed by atoms with van der Waals surface area (Å²) in [5.41, 5.74) is 1.62. The molecule has 3 amide bonds. The molecule has 0 spiro atoms. The molecule has 0 radical (unpaired) electrons. The van der Waals surface area contributed by atoms with Gasteiger partial charge in [-0.05, 0) is 42.0 Å². The quantitative estimate of drug-likeness (QED) is 0.510. The lowest BCUT2D eigenvalue weighted by Crippen LogP contribution is -2.28. The van der Waals surface area contributed by atoms with Crippen LogP contribution in [0.2, 0.25) is 5.02 Å². The van der Waals surface area contributed by atoms with Crippen molar-refractivity contribution in [3.8, 4) is 17.2 Å². The number of rotatable bonds is 7. The van der Waals surface area contributed by atoms with Crippen LogP contribution in [-0.2, 0) is 6.54 Å². The molecule has 0 saturated heterocycles. The minimum atomic E-state index is -0.389. The Kier molecular flexibility index (Phi) is 7.29. The maximum Gasteiger partial charge on any atom is 0.319 e. The van der Waals surface area contributed by atoms with Crippen LogP contribution in [0, 0.1) is 0 Å². The smallest absolute Gasteiger partial charge is 0.319 e. The van der Waals surface area contributed by atoms with Crippen molar-refractivity contribution in [1.82, 2.24) is 15.6 Å². The number of ether oxygens (including phenoxy) is 2. The highest BCUT2D eigenvalue weighted by Crippen LogP contribution is 2.27. The summed E-state index contributed by atoms with van der Waals surface area (Å²) >= 11 is 5.97. The summed E-state index contributed by atoms with van der Waals surface area (Å²) < 4.78 is 11.0. The first kappa shape index (κ1) is 21.9. The van der Waals surface area contributed by atoms with E-state index in [9.17, 15) is 9.59 Å². The van der Waals surface area contributed by atoms with E-state index < -0.39 is 0 Å². The molecule has 3 N–H and O–H groups in total. The largest absolute Gasteiger partial charge is 0.495 e. The van der Waals surface area contributed by atoms with E-state index in [1.54, 1.807) is 42.5 Å². The van der Waals surface area contributed by atoms with E-state index in [0.717, 1.165) is 5.56 Å². The summed E-state index contributed by atoms with van der Waals surface area (Å²) in [6.45, 7) is 0.311. The third kappa shape index (κ3) is 6.10. The highest BCUT2D eigenvalue weighted by Gasteiger charge is 2.09. The number of nitrogens with zero attached hydrogens (tertiary/aromatic N) is 1. The van der Waals surface area contributed by atoms with Crippen molar-refractivity contribution < 1.29 is 19.1 Å². The minimum absolute atomic E-state index is 0.267. The van der Waals surface area contributed by atoms with Gasteiger partial charge in [0.1, 0.15) is 22.9 Å². The van der Waals surface area contributed by atoms with Crippen LogP contribution in [-0.4, -0.2) is 31.1 Å². The van der Waals surface area contributed by atoms with Gasteiger partial charge in [-0.15, -0.1) is 0 Å². The van der Waals surface area contributed by atoms with Gasteiger partial charge in [-0.3, -0.25) is 9.78 Å². The van der Waals surface area contributed by atoms with Gasteiger partial charge < -0.3 is 25.4 Å². The monoisotopic (exact) mass is 440 g/mol. The molecule has 2 aromatic carbocycles. The molecule has 0 atom stereocenters. The van der Waals surface area contributed by atoms with Crippen molar-refractivity contribution in [1.29, 1.82) is 0 Å². The number of amides is 3. The Morgan fingerprint density at radius 1 is 1.03 bits per heavy atom. The minimum Gasteiger partial charge on any atom is -0.495 e. The standard InChI is InChI=1S/C22H21ClN4O4/c1-24-21(28)19-12-17(9-10-25-19)31-16-6-3-14(4-7-16)13-26-22(29)27-18-11-15(23)5-8-20(18)30-2/h3-12H,13H2,1-2H3,(H,24,28)(H2,26,27,29). The highest BCUT2D eigenvalue weighted by atomic mass is 35.5. The molecule has 8 nitrogen and oxygen atoms in total. The summed E-state index contributed by atoms with van der Waals surface area (Å²) in [6, 6.07) is 15.0. The Balaban J connectivity index is 1.56. The van der Waals surface area contributed by atoms with E-state index in [0.29, 0.717) is 34.5 Å². The van der Waals surface area contributed by atoms with Crippen molar-refractivity contribution in [3.05, 3.63) is 77.1 Å². The third-order valence-corrected chi connectivity index (χ3v) is 4.45. The van der Waals surface area contributed by atoms with Gasteiger partial charge in [0.2, 0.25) is 0 Å². The van der Waals surface area contributed by atoms with Gasteiger partial charge in [0.15, 0.2) is 0 Å². The lowest BCUT2D eigenvalue weighted by Gasteiger charge is -2.12. The second kappa shape index (κ2) is 10.3. The number of benzene rings is 2. The maximum absolute atomic E-state index is 12.2. The Labute approximate surface area is 184 Å². The van der Waals surface area contributed by atoms with Gasteiger partial charge in [0.25, 0.3) is 5.91 Å². The molecule has 3 rings (SSSR count). The molecule has 9 heteroatoms. The molecular weight excluding hydrogens is 420 g/mol. The molecule has 160 valence electrons. The number of aromatic nitrogens is 1. The molecule has 31 heavy (non-hydrogen) atoms. The summed E-state index contributed by atoms with van der Waals surface area (Å²) in [6.07, 6.45) is 1.51. The Morgan fingerprint density at radius 2 is 1.81 bits per heavy atom. The number of carbonyl (C=O) groups excluding carboxylic acids is 2. The molecule has 0 aliphatic heterocycles. The van der Waals surface area contributed by atoms with Gasteiger partial charge in [-0.25, -0.2) is 4.79 Å². The van der Waals surface area contributed by atoms with Crippen molar-refractivity contribution >= 4 is 29.2 Å². The van der Waals surface area contributed by atoms with Crippen LogP contribution < -0.4 is 25.4 Å². The summed E-state index contributed by atoms with van der Waals surface area (Å²) in [4.78, 5) is 27.9. The highest BCUT2D eigenvalue weighted by molar-refractivity contribution is 6.31. The number of methoxy groups -OCH3 is 1. The number of hydrogen-bond acceptors (Lipinski definition) is 5. The van der Waals surface area contributed by atoms with E-state index in [-0.39, 0.29) is 17.6 Å². The average molecular weight is 441 g/mol. The number of carbonyl (C=O) groups is 2. The fraction of sp³-hybridized carbons (Fsp3) is 0.136. The molecule has 0 unspecified atom stereocenters. The van der Waals surface area contributed by atoms with E-state index in [1.165, 1.54) is 20.4 Å². The molecule has 0 bridgehead atoms. The van der Waals surface area contributed by atoms with Crippen LogP contribution in [0.1, 0.15) is 16.1 Å². The number of anilines is 1. The fourth-order valence-corrected chi connectivity index (χ4v) is 2.84. The van der Waals surface area contributed by atoms with Crippen molar-refractivity contribution in [2.45, 2.75) is 6.54 Å². The van der Waals surface area contributed by atoms with Crippen LogP contribution in [0.5, 0.6) is 17.2 Å². The van der Waals surface area contributed by atoms with Crippen molar-refractivity contribution in [2.75, 3.05) is 19.5 Å². The zero-order chi connectivity index (χ0) is 22.2. The lowest BCUT2D eigenvalue weighted by molar-refractivity contribution is 0.0958. The number of pyridine rings is 1. The maximum atomic E-state index is 12.2. The Bertz CT molecular complexity index is 1070. The third-order valence-electron chi connectivity index (χ3n) is 4.21. The van der Waals surface area contributed by atoms with E-state index >= 15 is 0 Å². The summed E-state index contributed by atoms with van der Waals surface area (Å²) in [7, 11) is 3.05. The van der Waals surface area contributed by atoms with Crippen molar-refractivity contribution in [2.24, 2.45) is 0 Å². The number of urea groups is 1. The fourth-order valence-electron chi connectivity index (χ4n) is 2.67. The molecular formula is C22H21ClN4O4. The molecule has 0 saturated carbocycles. The predicted octanol–water partition coefficient (Wildman–Crippen LogP) is 4.22. The molecule has 1 heterocycles. The second-order valence-electron chi connectivity index (χ2n) is 6.35. The first-order valence-corrected chi connectivity index (χ1v) is 9.69. The van der Waals surface area contributed by atoms with Gasteiger partial charge in [0.05, 0.1) is 12.8 Å². The van der Waals surface area contributed by atoms with Crippen LogP contribution in [0.25, 0.3) is 0 Å². The SMILES string of the molecule is CNC(=O)c1cc(Oc2ccc(CNC(=O)Nc3cc(Cl)ccc3OC)cc2)ccn1. The second-order valence-corrected chi connectivity index (χ2v) is 6.79. The molecule has 0 aliphatic carbocycles. The van der Waals surface area contributed by atoms with Crippen molar-refractivity contribution in [3.63, 3.8) is 0 Å². The van der Waals surface area contributed by atoms with Crippen LogP contribution >= 0.6 is 11.6 Å². The number of hydrogen-bond donors (Lipinski definition) is 3. The number of nitrogens with one attached hydrogen (secondary N) is 3. The molecule has 3 aromatic rings. The topological polar surface area (TPSA) is 102 Å². The van der Waals surface area contributed by atoms with E-state index in [4.69, 9.17) is 21.1 Å². The normalized spacial score (nSPS) is 10.2. The van der Waals surface area contributed by atoms with Gasteiger partial charge in [-0.1, -0.05) is 23.7 Å². The number of halogens is 1. The van der Waals surface area contributed by atoms with Gasteiger partial charge in [-0.2, -0.15) is 0 Å². The Hall–Kier alpha value is -3.78. The van der Waals surface area contributed by atoms with Crippen LogP contribution in [0.4, 0.5) is 10.5 Å². The predicted molar refractivity (Wildman–Crippen MR) is 118 cm³/mol. The summed E-state index contributed by atoms with van der Waals surface area (Å²) in [5, 5.41) is 8.49. The van der Waals surface area contributed by atoms with Gasteiger partial charge >= 0.3 is 6.03 Å². The van der Waals surface area contributed by atoms with Crippen LogP contribution in [0.15, 0.2) is 60.8 Å². The Morgan fingerprint density at radius 3 is 2.52 bits per heavy atom. The van der Waals surface area contributed by atoms with E-state index in [1.807, 2.05) is 12.1 Å².